The van der Waals surface area contributed by atoms with Crippen molar-refractivity contribution in [3.63, 3.8) is 0 Å². The Bertz CT molecular complexity index is 416. The summed E-state index contributed by atoms with van der Waals surface area (Å²) in [5.74, 6) is -0.00126. The zero-order valence-corrected chi connectivity index (χ0v) is 13.2. The van der Waals surface area contributed by atoms with Crippen molar-refractivity contribution >= 4 is 12.0 Å². The number of amides is 2. The maximum atomic E-state index is 11.9. The molecule has 0 aromatic heterocycles. The van der Waals surface area contributed by atoms with Crippen molar-refractivity contribution in [2.75, 3.05) is 39.3 Å². The first-order valence-corrected chi connectivity index (χ1v) is 7.43. The molecule has 2 heterocycles. The number of carbonyl (C=O) groups is 2. The van der Waals surface area contributed by atoms with Gasteiger partial charge >= 0.3 is 6.09 Å². The highest BCUT2D eigenvalue weighted by Gasteiger charge is 2.38. The van der Waals surface area contributed by atoms with Gasteiger partial charge in [0.25, 0.3) is 0 Å². The SMILES string of the molecule is C=CC(=O)N1CCN(C2CN(C(=O)OC(C)(C)C)C2)CC1. The highest BCUT2D eigenvalue weighted by Crippen LogP contribution is 2.20. The molecular formula is C15H25N3O3. The zero-order chi connectivity index (χ0) is 15.6. The van der Waals surface area contributed by atoms with Crippen LogP contribution in [0.2, 0.25) is 0 Å². The van der Waals surface area contributed by atoms with Crippen molar-refractivity contribution in [3.8, 4) is 0 Å². The van der Waals surface area contributed by atoms with E-state index in [1.54, 1.807) is 4.90 Å². The molecule has 0 aromatic carbocycles. The van der Waals surface area contributed by atoms with Gasteiger partial charge in [-0.2, -0.15) is 0 Å². The Morgan fingerprint density at radius 3 is 2.14 bits per heavy atom. The van der Waals surface area contributed by atoms with Crippen molar-refractivity contribution in [2.45, 2.75) is 32.4 Å². The van der Waals surface area contributed by atoms with Crippen molar-refractivity contribution in [1.29, 1.82) is 0 Å². The van der Waals surface area contributed by atoms with Crippen molar-refractivity contribution in [1.82, 2.24) is 14.7 Å². The van der Waals surface area contributed by atoms with Crippen molar-refractivity contribution in [2.24, 2.45) is 0 Å². The van der Waals surface area contributed by atoms with Gasteiger partial charge in [0.05, 0.1) is 0 Å². The van der Waals surface area contributed by atoms with Crippen LogP contribution in [0.5, 0.6) is 0 Å². The molecule has 0 unspecified atom stereocenters. The number of ether oxygens (including phenoxy) is 1. The average molecular weight is 295 g/mol. The van der Waals surface area contributed by atoms with Gasteiger partial charge in [0.2, 0.25) is 5.91 Å². The molecule has 0 radical (unpaired) electrons. The van der Waals surface area contributed by atoms with Gasteiger partial charge in [0.15, 0.2) is 0 Å². The van der Waals surface area contributed by atoms with Gasteiger partial charge in [-0.1, -0.05) is 6.58 Å². The molecule has 0 bridgehead atoms. The van der Waals surface area contributed by atoms with Crippen LogP contribution in [-0.2, 0) is 9.53 Å². The minimum atomic E-state index is -0.446. The standard InChI is InChI=1S/C15H25N3O3/c1-5-13(19)17-8-6-16(7-9-17)12-10-18(11-12)14(20)21-15(2,3)4/h5,12H,1,6-11H2,2-4H3. The van der Waals surface area contributed by atoms with Gasteiger partial charge in [-0.25, -0.2) is 4.79 Å². The Hall–Kier alpha value is -1.56. The molecule has 21 heavy (non-hydrogen) atoms. The summed E-state index contributed by atoms with van der Waals surface area (Å²) in [5.41, 5.74) is -0.446. The summed E-state index contributed by atoms with van der Waals surface area (Å²) < 4.78 is 5.34. The van der Waals surface area contributed by atoms with E-state index in [0.717, 1.165) is 26.2 Å². The number of hydrogen-bond acceptors (Lipinski definition) is 4. The third kappa shape index (κ3) is 3.97. The number of rotatable bonds is 2. The lowest BCUT2D eigenvalue weighted by Gasteiger charge is -2.47. The molecule has 0 aliphatic carbocycles. The first kappa shape index (κ1) is 15.8. The van der Waals surface area contributed by atoms with Gasteiger partial charge in [-0.3, -0.25) is 9.69 Å². The molecule has 0 atom stereocenters. The van der Waals surface area contributed by atoms with Crippen LogP contribution in [0.25, 0.3) is 0 Å². The van der Waals surface area contributed by atoms with Crippen LogP contribution in [0.1, 0.15) is 20.8 Å². The van der Waals surface area contributed by atoms with E-state index in [-0.39, 0.29) is 12.0 Å². The van der Waals surface area contributed by atoms with E-state index < -0.39 is 5.60 Å². The quantitative estimate of drug-likeness (QED) is 0.711. The smallest absolute Gasteiger partial charge is 0.410 e. The molecule has 118 valence electrons. The molecule has 2 aliphatic rings. The van der Waals surface area contributed by atoms with Crippen molar-refractivity contribution in [3.05, 3.63) is 12.7 Å². The van der Waals surface area contributed by atoms with E-state index in [4.69, 9.17) is 4.74 Å². The number of piperazine rings is 1. The predicted molar refractivity (Wildman–Crippen MR) is 79.9 cm³/mol. The number of nitrogens with zero attached hydrogens (tertiary/aromatic N) is 3. The molecule has 2 amide bonds. The van der Waals surface area contributed by atoms with Crippen LogP contribution < -0.4 is 0 Å². The van der Waals surface area contributed by atoms with Crippen LogP contribution in [0.15, 0.2) is 12.7 Å². The highest BCUT2D eigenvalue weighted by atomic mass is 16.6. The maximum Gasteiger partial charge on any atom is 0.410 e. The fourth-order valence-electron chi connectivity index (χ4n) is 2.60. The molecule has 0 saturated carbocycles. The number of likely N-dealkylation sites (tertiary alicyclic amines) is 1. The summed E-state index contributed by atoms with van der Waals surface area (Å²) in [6.45, 7) is 13.7. The lowest BCUT2D eigenvalue weighted by Crippen LogP contribution is -2.64. The van der Waals surface area contributed by atoms with E-state index in [9.17, 15) is 9.59 Å². The molecule has 0 spiro atoms. The molecular weight excluding hydrogens is 270 g/mol. The number of hydrogen-bond donors (Lipinski definition) is 0. The molecule has 6 nitrogen and oxygen atoms in total. The zero-order valence-electron chi connectivity index (χ0n) is 13.2. The van der Waals surface area contributed by atoms with Crippen LogP contribution in [0.4, 0.5) is 4.79 Å². The Morgan fingerprint density at radius 1 is 1.10 bits per heavy atom. The lowest BCUT2D eigenvalue weighted by molar-refractivity contribution is -0.128. The first-order valence-electron chi connectivity index (χ1n) is 7.43. The number of carbonyl (C=O) groups excluding carboxylic acids is 2. The summed E-state index contributed by atoms with van der Waals surface area (Å²) in [6, 6.07) is 0.388. The van der Waals surface area contributed by atoms with Crippen molar-refractivity contribution < 1.29 is 14.3 Å². The largest absolute Gasteiger partial charge is 0.444 e. The highest BCUT2D eigenvalue weighted by molar-refractivity contribution is 5.87. The van der Waals surface area contributed by atoms with Crippen LogP contribution >= 0.6 is 0 Å². The van der Waals surface area contributed by atoms with E-state index in [1.165, 1.54) is 6.08 Å². The Labute approximate surface area is 126 Å². The Balaban J connectivity index is 1.72. The van der Waals surface area contributed by atoms with Crippen LogP contribution in [-0.4, -0.2) is 77.6 Å². The second-order valence-electron chi connectivity index (χ2n) is 6.60. The van der Waals surface area contributed by atoms with Gasteiger partial charge in [-0.05, 0) is 26.8 Å². The van der Waals surface area contributed by atoms with Crippen LogP contribution in [0, 0.1) is 0 Å². The monoisotopic (exact) mass is 295 g/mol. The second kappa shape index (κ2) is 6.05. The minimum Gasteiger partial charge on any atom is -0.444 e. The molecule has 2 aliphatic heterocycles. The topological polar surface area (TPSA) is 53.1 Å². The van der Waals surface area contributed by atoms with Gasteiger partial charge in [0.1, 0.15) is 5.60 Å². The average Bonchev–Trinajstić information content (AvgIpc) is 2.34. The molecule has 6 heteroatoms. The summed E-state index contributed by atoms with van der Waals surface area (Å²) >= 11 is 0. The molecule has 2 saturated heterocycles. The van der Waals surface area contributed by atoms with E-state index >= 15 is 0 Å². The van der Waals surface area contributed by atoms with E-state index in [2.05, 4.69) is 11.5 Å². The molecule has 0 N–H and O–H groups in total. The maximum absolute atomic E-state index is 11.9. The molecule has 2 rings (SSSR count). The lowest BCUT2D eigenvalue weighted by atomic mass is 10.1. The van der Waals surface area contributed by atoms with Gasteiger partial charge in [-0.15, -0.1) is 0 Å². The fraction of sp³-hybridized carbons (Fsp3) is 0.733. The normalized spacial score (nSPS) is 20.9. The third-order valence-electron chi connectivity index (χ3n) is 3.83. The van der Waals surface area contributed by atoms with Crippen LogP contribution in [0.3, 0.4) is 0 Å². The second-order valence-corrected chi connectivity index (χ2v) is 6.60. The first-order chi connectivity index (χ1) is 9.80. The summed E-state index contributed by atoms with van der Waals surface area (Å²) in [7, 11) is 0. The Kier molecular flexibility index (Phi) is 4.56. The third-order valence-corrected chi connectivity index (χ3v) is 3.83. The van der Waals surface area contributed by atoms with E-state index in [1.807, 2.05) is 25.7 Å². The Morgan fingerprint density at radius 2 is 1.67 bits per heavy atom. The minimum absolute atomic E-state index is 0.00126. The molecule has 2 fully saturated rings. The van der Waals surface area contributed by atoms with Gasteiger partial charge in [0, 0.05) is 45.3 Å². The molecule has 0 aromatic rings. The van der Waals surface area contributed by atoms with E-state index in [0.29, 0.717) is 19.1 Å². The summed E-state index contributed by atoms with van der Waals surface area (Å²) in [6.07, 6.45) is 1.13. The van der Waals surface area contributed by atoms with Gasteiger partial charge < -0.3 is 14.5 Å². The predicted octanol–water partition coefficient (Wildman–Crippen LogP) is 0.936. The fourth-order valence-corrected chi connectivity index (χ4v) is 2.60. The summed E-state index contributed by atoms with van der Waals surface area (Å²) in [4.78, 5) is 29.3. The summed E-state index contributed by atoms with van der Waals surface area (Å²) in [5, 5.41) is 0.